The second kappa shape index (κ2) is 7.85. The number of rotatable bonds is 5. The van der Waals surface area contributed by atoms with Crippen LogP contribution in [0.3, 0.4) is 0 Å². The van der Waals surface area contributed by atoms with Gasteiger partial charge in [-0.25, -0.2) is 18.0 Å². The number of carbonyl (C=O) groups excluding carboxylic acids is 1. The summed E-state index contributed by atoms with van der Waals surface area (Å²) in [5.74, 6) is -13.7. The minimum atomic E-state index is -2.31. The van der Waals surface area contributed by atoms with Gasteiger partial charge in [0.1, 0.15) is 11.3 Å². The lowest BCUT2D eigenvalue weighted by Crippen LogP contribution is -2.08. The fraction of sp³-hybridized carbons (Fsp3) is 0.118. The Morgan fingerprint density at radius 2 is 1.42 bits per heavy atom. The molecule has 0 amide bonds. The molecule has 4 nitrogen and oxygen atoms in total. The largest absolute Gasteiger partial charge is 0.503 e. The van der Waals surface area contributed by atoms with Gasteiger partial charge in [0.05, 0.1) is 20.5 Å². The highest BCUT2D eigenvalue weighted by Gasteiger charge is 2.28. The second-order valence-corrected chi connectivity index (χ2v) is 4.76. The molecule has 0 bridgehead atoms. The highest BCUT2D eigenvalue weighted by molar-refractivity contribution is 6.17. The van der Waals surface area contributed by atoms with Crippen LogP contribution < -0.4 is 4.74 Å². The zero-order valence-electron chi connectivity index (χ0n) is 13.4. The summed E-state index contributed by atoms with van der Waals surface area (Å²) < 4.78 is 81.6. The van der Waals surface area contributed by atoms with Crippen molar-refractivity contribution in [1.82, 2.24) is 0 Å². The van der Waals surface area contributed by atoms with Crippen LogP contribution in [0.1, 0.15) is 5.56 Å². The lowest BCUT2D eigenvalue weighted by atomic mass is 10.1. The third-order valence-corrected chi connectivity index (χ3v) is 3.20. The van der Waals surface area contributed by atoms with E-state index < -0.39 is 40.8 Å². The summed E-state index contributed by atoms with van der Waals surface area (Å²) in [6.45, 7) is 0. The summed E-state index contributed by atoms with van der Waals surface area (Å²) in [7, 11) is 2.32. The van der Waals surface area contributed by atoms with Crippen LogP contribution >= 0.6 is 0 Å². The summed E-state index contributed by atoms with van der Waals surface area (Å²) >= 11 is 0. The Labute approximate surface area is 144 Å². The number of esters is 1. The predicted molar refractivity (Wildman–Crippen MR) is 79.8 cm³/mol. The number of carbonyl (C=O) groups is 1. The Hall–Kier alpha value is -3.10. The van der Waals surface area contributed by atoms with Gasteiger partial charge in [-0.15, -0.1) is 0 Å². The average Bonchev–Trinajstić information content (AvgIpc) is 2.66. The molecule has 2 aromatic carbocycles. The normalized spacial score (nSPS) is 11.3. The molecule has 0 saturated heterocycles. The highest BCUT2D eigenvalue weighted by Crippen LogP contribution is 2.36. The quantitative estimate of drug-likeness (QED) is 0.195. The first kappa shape index (κ1) is 19.2. The van der Waals surface area contributed by atoms with Gasteiger partial charge in [-0.3, -0.25) is 0 Å². The molecular weight excluding hydrogens is 363 g/mol. The van der Waals surface area contributed by atoms with Gasteiger partial charge >= 0.3 is 5.97 Å². The first-order valence-corrected chi connectivity index (χ1v) is 6.93. The van der Waals surface area contributed by atoms with E-state index in [1.54, 1.807) is 0 Å². The standard InChI is InChI=1S/C17H11F5O4/c1-24-7-9(17(23)25-2)8-5-3-4-6-10(8)26-16-14(21)12(19)11(18)13(20)15(16)22/h3-7H,1-2H3/b9-7+. The highest BCUT2D eigenvalue weighted by atomic mass is 19.2. The first-order chi connectivity index (χ1) is 12.3. The van der Waals surface area contributed by atoms with Crippen LogP contribution in [0.5, 0.6) is 11.5 Å². The minimum Gasteiger partial charge on any atom is -0.503 e. The maximum absolute atomic E-state index is 13.8. The molecule has 0 aliphatic heterocycles. The number of hydrogen-bond acceptors (Lipinski definition) is 4. The molecular formula is C17H11F5O4. The topological polar surface area (TPSA) is 44.8 Å². The SMILES string of the molecule is CO/C=C(/C(=O)OC)c1ccccc1Oc1c(F)c(F)c(F)c(F)c1F. The predicted octanol–water partition coefficient (Wildman–Crippen LogP) is 4.33. The molecule has 0 saturated carbocycles. The second-order valence-electron chi connectivity index (χ2n) is 4.76. The van der Waals surface area contributed by atoms with Crippen molar-refractivity contribution in [3.63, 3.8) is 0 Å². The van der Waals surface area contributed by atoms with Crippen LogP contribution in [0.4, 0.5) is 22.0 Å². The molecule has 9 heteroatoms. The van der Waals surface area contributed by atoms with Crippen LogP contribution in [0.2, 0.25) is 0 Å². The number of methoxy groups -OCH3 is 2. The van der Waals surface area contributed by atoms with Crippen molar-refractivity contribution in [1.29, 1.82) is 0 Å². The van der Waals surface area contributed by atoms with Gasteiger partial charge in [0.15, 0.2) is 0 Å². The van der Waals surface area contributed by atoms with Crippen LogP contribution in [0.15, 0.2) is 30.5 Å². The van der Waals surface area contributed by atoms with E-state index in [4.69, 9.17) is 9.47 Å². The van der Waals surface area contributed by atoms with Gasteiger partial charge in [-0.2, -0.15) is 8.78 Å². The van der Waals surface area contributed by atoms with Gasteiger partial charge in [0, 0.05) is 5.56 Å². The molecule has 0 atom stereocenters. The Morgan fingerprint density at radius 1 is 0.885 bits per heavy atom. The summed E-state index contributed by atoms with van der Waals surface area (Å²) in [5, 5.41) is 0. The molecule has 0 N–H and O–H groups in total. The molecule has 0 unspecified atom stereocenters. The monoisotopic (exact) mass is 374 g/mol. The summed E-state index contributed by atoms with van der Waals surface area (Å²) in [6.07, 6.45) is 0.979. The molecule has 0 radical (unpaired) electrons. The van der Waals surface area contributed by atoms with Crippen molar-refractivity contribution in [3.05, 3.63) is 65.2 Å². The van der Waals surface area contributed by atoms with Gasteiger partial charge in [-0.1, -0.05) is 18.2 Å². The van der Waals surface area contributed by atoms with Gasteiger partial charge in [0.25, 0.3) is 0 Å². The molecule has 0 aliphatic rings. The van der Waals surface area contributed by atoms with E-state index in [-0.39, 0.29) is 16.9 Å². The molecule has 26 heavy (non-hydrogen) atoms. The minimum absolute atomic E-state index is 0.0508. The van der Waals surface area contributed by atoms with Crippen molar-refractivity contribution in [3.8, 4) is 11.5 Å². The number of hydrogen-bond donors (Lipinski definition) is 0. The molecule has 0 spiro atoms. The van der Waals surface area contributed by atoms with Crippen molar-refractivity contribution in [2.75, 3.05) is 14.2 Å². The van der Waals surface area contributed by atoms with E-state index >= 15 is 0 Å². The van der Waals surface area contributed by atoms with Gasteiger partial charge in [-0.05, 0) is 6.07 Å². The number of halogens is 5. The molecule has 0 heterocycles. The van der Waals surface area contributed by atoms with Crippen molar-refractivity contribution in [2.24, 2.45) is 0 Å². The lowest BCUT2D eigenvalue weighted by molar-refractivity contribution is -0.133. The van der Waals surface area contributed by atoms with Crippen LogP contribution in [0, 0.1) is 29.1 Å². The Morgan fingerprint density at radius 3 is 1.96 bits per heavy atom. The van der Waals surface area contributed by atoms with E-state index in [1.807, 2.05) is 0 Å². The third-order valence-electron chi connectivity index (χ3n) is 3.20. The summed E-state index contributed by atoms with van der Waals surface area (Å²) in [6, 6.07) is 5.29. The van der Waals surface area contributed by atoms with Crippen LogP contribution in [0.25, 0.3) is 5.57 Å². The molecule has 0 aliphatic carbocycles. The Balaban J connectivity index is 2.61. The van der Waals surface area contributed by atoms with Crippen molar-refractivity contribution >= 4 is 11.5 Å². The number of benzene rings is 2. The summed E-state index contributed by atoms with van der Waals surface area (Å²) in [5.41, 5.74) is -0.250. The smallest absolute Gasteiger partial charge is 0.341 e. The zero-order chi connectivity index (χ0) is 19.4. The van der Waals surface area contributed by atoms with E-state index in [0.717, 1.165) is 13.4 Å². The van der Waals surface area contributed by atoms with Crippen molar-refractivity contribution in [2.45, 2.75) is 0 Å². The van der Waals surface area contributed by atoms with E-state index in [2.05, 4.69) is 4.74 Å². The molecule has 0 fully saturated rings. The first-order valence-electron chi connectivity index (χ1n) is 6.93. The fourth-order valence-electron chi connectivity index (χ4n) is 2.01. The lowest BCUT2D eigenvalue weighted by Gasteiger charge is -2.14. The Bertz CT molecular complexity index is 851. The van der Waals surface area contributed by atoms with E-state index in [0.29, 0.717) is 0 Å². The Kier molecular flexibility index (Phi) is 5.81. The number of para-hydroxylation sites is 1. The molecule has 0 aromatic heterocycles. The van der Waals surface area contributed by atoms with Crippen molar-refractivity contribution < 1.29 is 41.0 Å². The van der Waals surface area contributed by atoms with Crippen LogP contribution in [-0.2, 0) is 14.3 Å². The van der Waals surface area contributed by atoms with E-state index in [1.165, 1.54) is 31.4 Å². The maximum Gasteiger partial charge on any atom is 0.341 e. The van der Waals surface area contributed by atoms with E-state index in [9.17, 15) is 26.7 Å². The van der Waals surface area contributed by atoms with Crippen LogP contribution in [-0.4, -0.2) is 20.2 Å². The third kappa shape index (κ3) is 3.46. The molecule has 2 aromatic rings. The van der Waals surface area contributed by atoms with Gasteiger partial charge in [0.2, 0.25) is 34.8 Å². The maximum atomic E-state index is 13.8. The average molecular weight is 374 g/mol. The molecule has 2 rings (SSSR count). The molecule has 138 valence electrons. The van der Waals surface area contributed by atoms with Gasteiger partial charge < -0.3 is 14.2 Å². The number of ether oxygens (including phenoxy) is 3. The fourth-order valence-corrected chi connectivity index (χ4v) is 2.01. The zero-order valence-corrected chi connectivity index (χ0v) is 13.4. The summed E-state index contributed by atoms with van der Waals surface area (Å²) in [4.78, 5) is 11.8.